The molecule has 2 nitrogen and oxygen atoms in total. The van der Waals surface area contributed by atoms with Gasteiger partial charge in [-0.25, -0.2) is 4.39 Å². The lowest BCUT2D eigenvalue weighted by atomic mass is 9.98. The molecule has 0 bridgehead atoms. The van der Waals surface area contributed by atoms with Gasteiger partial charge in [0.1, 0.15) is 5.82 Å². The average molecular weight is 319 g/mol. The van der Waals surface area contributed by atoms with E-state index >= 15 is 0 Å². The van der Waals surface area contributed by atoms with E-state index in [-0.39, 0.29) is 12.0 Å². The first-order chi connectivity index (χ1) is 9.79. The number of aromatic nitrogens is 1. The molecule has 0 saturated heterocycles. The monoisotopic (exact) mass is 318 g/mol. The summed E-state index contributed by atoms with van der Waals surface area (Å²) in [6, 6.07) is 3.65. The highest BCUT2D eigenvalue weighted by molar-refractivity contribution is 6.31. The van der Waals surface area contributed by atoms with Crippen molar-refractivity contribution in [2.45, 2.75) is 18.6 Å². The second-order valence-corrected chi connectivity index (χ2v) is 4.92. The first-order valence-electron chi connectivity index (χ1n) is 5.99. The van der Waals surface area contributed by atoms with Gasteiger partial charge in [-0.2, -0.15) is 13.2 Å². The summed E-state index contributed by atoms with van der Waals surface area (Å²) in [7, 11) is 0. The number of alkyl halides is 3. The van der Waals surface area contributed by atoms with E-state index in [4.69, 9.17) is 17.3 Å². The largest absolute Gasteiger partial charge is 0.419 e. The number of nitrogens with zero attached hydrogens (tertiary/aromatic N) is 1. The molecule has 1 unspecified atom stereocenters. The van der Waals surface area contributed by atoms with Crippen molar-refractivity contribution in [2.24, 2.45) is 5.73 Å². The number of halogens is 5. The Morgan fingerprint density at radius 3 is 2.57 bits per heavy atom. The Morgan fingerprint density at radius 2 is 1.95 bits per heavy atom. The number of hydrogen-bond acceptors (Lipinski definition) is 2. The van der Waals surface area contributed by atoms with Gasteiger partial charge in [0.25, 0.3) is 0 Å². The highest BCUT2D eigenvalue weighted by Gasteiger charge is 2.34. The van der Waals surface area contributed by atoms with Crippen molar-refractivity contribution in [2.75, 3.05) is 0 Å². The fourth-order valence-corrected chi connectivity index (χ4v) is 2.11. The van der Waals surface area contributed by atoms with Crippen LogP contribution >= 0.6 is 11.6 Å². The number of pyridine rings is 1. The molecule has 0 spiro atoms. The summed E-state index contributed by atoms with van der Waals surface area (Å²) in [5.41, 5.74) is 5.42. The average Bonchev–Trinajstić information content (AvgIpc) is 2.40. The molecule has 2 N–H and O–H groups in total. The zero-order chi connectivity index (χ0) is 15.6. The van der Waals surface area contributed by atoms with Gasteiger partial charge in [-0.3, -0.25) is 4.98 Å². The summed E-state index contributed by atoms with van der Waals surface area (Å²) in [6.45, 7) is 0. The number of rotatable bonds is 3. The first kappa shape index (κ1) is 15.7. The van der Waals surface area contributed by atoms with Gasteiger partial charge in [0.15, 0.2) is 0 Å². The van der Waals surface area contributed by atoms with E-state index < -0.39 is 23.6 Å². The fraction of sp³-hybridized carbons (Fsp3) is 0.214. The number of benzene rings is 1. The van der Waals surface area contributed by atoms with E-state index in [0.717, 1.165) is 12.1 Å². The van der Waals surface area contributed by atoms with Crippen LogP contribution in [0.3, 0.4) is 0 Å². The Labute approximate surface area is 123 Å². The van der Waals surface area contributed by atoms with Gasteiger partial charge >= 0.3 is 6.18 Å². The van der Waals surface area contributed by atoms with Crippen molar-refractivity contribution in [1.82, 2.24) is 4.98 Å². The predicted octanol–water partition coefficient (Wildman–Crippen LogP) is 4.14. The minimum Gasteiger partial charge on any atom is -0.324 e. The topological polar surface area (TPSA) is 38.9 Å². The van der Waals surface area contributed by atoms with E-state index in [1.807, 2.05) is 0 Å². The quantitative estimate of drug-likeness (QED) is 0.864. The minimum atomic E-state index is -4.76. The second kappa shape index (κ2) is 5.99. The Hall–Kier alpha value is -1.66. The van der Waals surface area contributed by atoms with Gasteiger partial charge in [-0.05, 0) is 35.7 Å². The van der Waals surface area contributed by atoms with Crippen LogP contribution in [0.2, 0.25) is 5.02 Å². The number of hydrogen-bond donors (Lipinski definition) is 1. The third-order valence-electron chi connectivity index (χ3n) is 3.02. The Balaban J connectivity index is 2.28. The van der Waals surface area contributed by atoms with Crippen molar-refractivity contribution in [3.63, 3.8) is 0 Å². The lowest BCUT2D eigenvalue weighted by Crippen LogP contribution is -2.16. The summed E-state index contributed by atoms with van der Waals surface area (Å²) >= 11 is 5.93. The highest BCUT2D eigenvalue weighted by Crippen LogP contribution is 2.33. The molecule has 2 aromatic rings. The van der Waals surface area contributed by atoms with Crippen molar-refractivity contribution in [3.05, 3.63) is 64.2 Å². The summed E-state index contributed by atoms with van der Waals surface area (Å²) in [6.07, 6.45) is -1.59. The molecule has 2 rings (SSSR count). The Morgan fingerprint density at radius 1 is 1.24 bits per heavy atom. The molecular formula is C14H11ClF4N2. The maximum atomic E-state index is 13.2. The molecule has 1 aromatic heterocycles. The van der Waals surface area contributed by atoms with Gasteiger partial charge < -0.3 is 5.73 Å². The standard InChI is InChI=1S/C14H11ClF4N2/c15-11-7-21-4-3-8(11)6-13(20)9-1-2-12(16)10(5-9)14(17,18)19/h1-5,7,13H,6,20H2. The number of nitrogens with two attached hydrogens (primary N) is 1. The molecule has 0 saturated carbocycles. The van der Waals surface area contributed by atoms with Gasteiger partial charge in [0, 0.05) is 18.4 Å². The normalized spacial score (nSPS) is 13.2. The minimum absolute atomic E-state index is 0.191. The van der Waals surface area contributed by atoms with Crippen molar-refractivity contribution < 1.29 is 17.6 Å². The molecule has 1 atom stereocenters. The van der Waals surface area contributed by atoms with E-state index in [0.29, 0.717) is 10.6 Å². The molecule has 0 fully saturated rings. The summed E-state index contributed by atoms with van der Waals surface area (Å²) in [4.78, 5) is 3.81. The molecule has 0 aliphatic heterocycles. The molecule has 0 amide bonds. The van der Waals surface area contributed by atoms with Crippen molar-refractivity contribution in [3.8, 4) is 0 Å². The Kier molecular flexibility index (Phi) is 4.49. The first-order valence-corrected chi connectivity index (χ1v) is 6.37. The van der Waals surface area contributed by atoms with Crippen LogP contribution in [-0.4, -0.2) is 4.98 Å². The van der Waals surface area contributed by atoms with E-state index in [1.54, 1.807) is 6.07 Å². The van der Waals surface area contributed by atoms with E-state index in [1.165, 1.54) is 18.5 Å². The van der Waals surface area contributed by atoms with Gasteiger partial charge in [0.2, 0.25) is 0 Å². The lowest BCUT2D eigenvalue weighted by Gasteiger charge is -2.15. The highest BCUT2D eigenvalue weighted by atomic mass is 35.5. The van der Waals surface area contributed by atoms with Gasteiger partial charge in [-0.15, -0.1) is 0 Å². The van der Waals surface area contributed by atoms with Crippen LogP contribution < -0.4 is 5.73 Å². The van der Waals surface area contributed by atoms with Crippen LogP contribution in [-0.2, 0) is 12.6 Å². The molecule has 21 heavy (non-hydrogen) atoms. The zero-order valence-corrected chi connectivity index (χ0v) is 11.4. The summed E-state index contributed by atoms with van der Waals surface area (Å²) in [5, 5.41) is 0.381. The zero-order valence-electron chi connectivity index (χ0n) is 10.7. The molecule has 0 aliphatic carbocycles. The maximum Gasteiger partial charge on any atom is 0.419 e. The lowest BCUT2D eigenvalue weighted by molar-refractivity contribution is -0.140. The second-order valence-electron chi connectivity index (χ2n) is 4.51. The SMILES string of the molecule is NC(Cc1ccncc1Cl)c1ccc(F)c(C(F)(F)F)c1. The molecule has 1 aromatic carbocycles. The van der Waals surface area contributed by atoms with Crippen LogP contribution in [0.1, 0.15) is 22.7 Å². The van der Waals surface area contributed by atoms with Crippen LogP contribution in [0.5, 0.6) is 0 Å². The van der Waals surface area contributed by atoms with Gasteiger partial charge in [-0.1, -0.05) is 17.7 Å². The van der Waals surface area contributed by atoms with Crippen LogP contribution in [0.15, 0.2) is 36.7 Å². The molecule has 0 radical (unpaired) electrons. The van der Waals surface area contributed by atoms with Crippen LogP contribution in [0.25, 0.3) is 0 Å². The third kappa shape index (κ3) is 3.71. The van der Waals surface area contributed by atoms with Crippen LogP contribution in [0, 0.1) is 5.82 Å². The predicted molar refractivity (Wildman–Crippen MR) is 71.3 cm³/mol. The maximum absolute atomic E-state index is 13.2. The van der Waals surface area contributed by atoms with E-state index in [9.17, 15) is 17.6 Å². The van der Waals surface area contributed by atoms with Crippen molar-refractivity contribution in [1.29, 1.82) is 0 Å². The van der Waals surface area contributed by atoms with Gasteiger partial charge in [0.05, 0.1) is 10.6 Å². The molecule has 112 valence electrons. The molecular weight excluding hydrogens is 308 g/mol. The fourth-order valence-electron chi connectivity index (χ4n) is 1.92. The van der Waals surface area contributed by atoms with Crippen LogP contribution in [0.4, 0.5) is 17.6 Å². The summed E-state index contributed by atoms with van der Waals surface area (Å²) < 4.78 is 51.2. The third-order valence-corrected chi connectivity index (χ3v) is 3.36. The summed E-state index contributed by atoms with van der Waals surface area (Å²) in [5.74, 6) is -1.32. The van der Waals surface area contributed by atoms with Crippen molar-refractivity contribution >= 4 is 11.6 Å². The molecule has 7 heteroatoms. The van der Waals surface area contributed by atoms with E-state index in [2.05, 4.69) is 4.98 Å². The smallest absolute Gasteiger partial charge is 0.324 e. The Bertz CT molecular complexity index is 643. The molecule has 1 heterocycles. The molecule has 0 aliphatic rings.